The number of nitro groups is 1. The number of rotatable bonds is 8. The molecule has 0 N–H and O–H groups in total. The van der Waals surface area contributed by atoms with E-state index in [4.69, 9.17) is 0 Å². The first-order valence-electron chi connectivity index (χ1n) is 9.56. The van der Waals surface area contributed by atoms with Gasteiger partial charge in [0.2, 0.25) is 5.91 Å². The molecule has 0 atom stereocenters. The van der Waals surface area contributed by atoms with Crippen molar-refractivity contribution in [2.24, 2.45) is 0 Å². The van der Waals surface area contributed by atoms with Crippen LogP contribution in [0.2, 0.25) is 0 Å². The topological polar surface area (TPSA) is 94.2 Å². The zero-order chi connectivity index (χ0) is 21.8. The van der Waals surface area contributed by atoms with Crippen LogP contribution in [0.25, 0.3) is 10.2 Å². The van der Waals surface area contributed by atoms with Crippen molar-refractivity contribution < 1.29 is 14.1 Å². The number of para-hydroxylation sites is 1. The van der Waals surface area contributed by atoms with Crippen molar-refractivity contribution in [2.45, 2.75) is 19.4 Å². The first-order valence-corrected chi connectivity index (χ1v) is 10.4. The second kappa shape index (κ2) is 9.00. The SMILES string of the molecule is O=C(Cc1ccc([N+](=O)[O-])cc1)N(CCCn1ccnc1)c1nc2c(F)cccc2s1. The average Bonchev–Trinajstić information content (AvgIpc) is 3.42. The van der Waals surface area contributed by atoms with E-state index in [0.29, 0.717) is 34.9 Å². The number of thiazole rings is 1. The van der Waals surface area contributed by atoms with Gasteiger partial charge in [-0.15, -0.1) is 0 Å². The highest BCUT2D eigenvalue weighted by Crippen LogP contribution is 2.31. The van der Waals surface area contributed by atoms with Crippen molar-refractivity contribution in [3.63, 3.8) is 0 Å². The lowest BCUT2D eigenvalue weighted by atomic mass is 10.1. The number of carbonyl (C=O) groups is 1. The standard InChI is InChI=1S/C21H18FN5O3S/c22-17-3-1-4-18-20(17)24-21(31-18)26(11-2-10-25-12-9-23-14-25)19(28)13-15-5-7-16(8-6-15)27(29)30/h1,3-9,12,14H,2,10-11,13H2. The predicted molar refractivity (Wildman–Crippen MR) is 116 cm³/mol. The van der Waals surface area contributed by atoms with Crippen LogP contribution in [0.15, 0.2) is 61.2 Å². The average molecular weight is 439 g/mol. The van der Waals surface area contributed by atoms with Gasteiger partial charge in [0.25, 0.3) is 5.69 Å². The summed E-state index contributed by atoms with van der Waals surface area (Å²) < 4.78 is 16.7. The molecule has 0 radical (unpaired) electrons. The van der Waals surface area contributed by atoms with Gasteiger partial charge in [-0.3, -0.25) is 19.8 Å². The number of amides is 1. The first-order chi connectivity index (χ1) is 15.0. The van der Waals surface area contributed by atoms with Gasteiger partial charge in [0.1, 0.15) is 11.3 Å². The van der Waals surface area contributed by atoms with Crippen LogP contribution < -0.4 is 4.90 Å². The number of nitro benzene ring substituents is 1. The molecule has 0 saturated carbocycles. The molecule has 8 nitrogen and oxygen atoms in total. The Kier molecular flexibility index (Phi) is 5.99. The van der Waals surface area contributed by atoms with Gasteiger partial charge in [0.15, 0.2) is 5.13 Å². The molecule has 0 saturated heterocycles. The van der Waals surface area contributed by atoms with Crippen LogP contribution in [0, 0.1) is 15.9 Å². The third-order valence-corrected chi connectivity index (χ3v) is 5.79. The summed E-state index contributed by atoms with van der Waals surface area (Å²) in [6.45, 7) is 1.06. The maximum atomic E-state index is 14.1. The van der Waals surface area contributed by atoms with E-state index >= 15 is 0 Å². The zero-order valence-electron chi connectivity index (χ0n) is 16.3. The Labute approximate surface area is 180 Å². The number of hydrogen-bond donors (Lipinski definition) is 0. The minimum absolute atomic E-state index is 0.0324. The Morgan fingerprint density at radius 2 is 2.03 bits per heavy atom. The van der Waals surface area contributed by atoms with E-state index in [1.807, 2.05) is 10.8 Å². The van der Waals surface area contributed by atoms with Gasteiger partial charge in [0.05, 0.1) is 22.4 Å². The molecule has 0 unspecified atom stereocenters. The zero-order valence-corrected chi connectivity index (χ0v) is 17.2. The number of aryl methyl sites for hydroxylation is 1. The van der Waals surface area contributed by atoms with Crippen LogP contribution in [0.3, 0.4) is 0 Å². The summed E-state index contributed by atoms with van der Waals surface area (Å²) in [5.41, 5.74) is 0.864. The van der Waals surface area contributed by atoms with Crippen molar-refractivity contribution >= 4 is 38.3 Å². The van der Waals surface area contributed by atoms with E-state index in [0.717, 1.165) is 0 Å². The number of fused-ring (bicyclic) bond motifs is 1. The first kappa shape index (κ1) is 20.6. The molecular weight excluding hydrogens is 421 g/mol. The van der Waals surface area contributed by atoms with Crippen molar-refractivity contribution in [1.82, 2.24) is 14.5 Å². The van der Waals surface area contributed by atoms with E-state index in [9.17, 15) is 19.3 Å². The quantitative estimate of drug-likeness (QED) is 0.303. The van der Waals surface area contributed by atoms with Gasteiger partial charge in [-0.1, -0.05) is 29.5 Å². The van der Waals surface area contributed by atoms with Crippen LogP contribution in [-0.2, 0) is 17.8 Å². The van der Waals surface area contributed by atoms with E-state index in [1.165, 1.54) is 29.5 Å². The molecule has 0 bridgehead atoms. The Bertz CT molecular complexity index is 1210. The van der Waals surface area contributed by atoms with Crippen molar-refractivity contribution in [1.29, 1.82) is 0 Å². The minimum atomic E-state index is -0.482. The van der Waals surface area contributed by atoms with Crippen LogP contribution in [0.1, 0.15) is 12.0 Å². The summed E-state index contributed by atoms with van der Waals surface area (Å²) in [6.07, 6.45) is 5.95. The molecule has 2 aromatic heterocycles. The number of anilines is 1. The molecule has 0 aliphatic heterocycles. The van der Waals surface area contributed by atoms with Crippen LogP contribution in [0.5, 0.6) is 0 Å². The Morgan fingerprint density at radius 1 is 1.23 bits per heavy atom. The molecule has 0 aliphatic rings. The highest BCUT2D eigenvalue weighted by molar-refractivity contribution is 7.22. The maximum absolute atomic E-state index is 14.1. The fraction of sp³-hybridized carbons (Fsp3) is 0.190. The fourth-order valence-corrected chi connectivity index (χ4v) is 4.21. The third-order valence-electron chi connectivity index (χ3n) is 4.75. The summed E-state index contributed by atoms with van der Waals surface area (Å²) >= 11 is 1.26. The van der Waals surface area contributed by atoms with Gasteiger partial charge in [-0.25, -0.2) is 14.4 Å². The lowest BCUT2D eigenvalue weighted by Crippen LogP contribution is -2.33. The molecule has 1 amide bonds. The molecule has 0 fully saturated rings. The summed E-state index contributed by atoms with van der Waals surface area (Å²) in [4.78, 5) is 33.4. The molecule has 158 valence electrons. The van der Waals surface area contributed by atoms with Gasteiger partial charge in [-0.05, 0) is 24.1 Å². The van der Waals surface area contributed by atoms with Gasteiger partial charge >= 0.3 is 0 Å². The Balaban J connectivity index is 1.56. The third kappa shape index (κ3) is 4.75. The van der Waals surface area contributed by atoms with E-state index in [-0.39, 0.29) is 23.5 Å². The number of aromatic nitrogens is 3. The molecule has 0 spiro atoms. The molecule has 4 rings (SSSR count). The smallest absolute Gasteiger partial charge is 0.269 e. The van der Waals surface area contributed by atoms with Crippen LogP contribution in [-0.4, -0.2) is 31.9 Å². The Hall–Kier alpha value is -3.66. The number of benzene rings is 2. The lowest BCUT2D eigenvalue weighted by Gasteiger charge is -2.20. The highest BCUT2D eigenvalue weighted by Gasteiger charge is 2.21. The number of nitrogens with zero attached hydrogens (tertiary/aromatic N) is 5. The second-order valence-corrected chi connectivity index (χ2v) is 7.89. The van der Waals surface area contributed by atoms with Crippen molar-refractivity contribution in [3.8, 4) is 0 Å². The Morgan fingerprint density at radius 3 is 2.71 bits per heavy atom. The summed E-state index contributed by atoms with van der Waals surface area (Å²) in [6, 6.07) is 10.6. The largest absolute Gasteiger partial charge is 0.337 e. The summed E-state index contributed by atoms with van der Waals surface area (Å²) in [5.74, 6) is -0.639. The number of imidazole rings is 1. The van der Waals surface area contributed by atoms with E-state index in [2.05, 4.69) is 9.97 Å². The van der Waals surface area contributed by atoms with Gasteiger partial charge in [-0.2, -0.15) is 0 Å². The molecule has 31 heavy (non-hydrogen) atoms. The van der Waals surface area contributed by atoms with Gasteiger partial charge < -0.3 is 4.57 Å². The van der Waals surface area contributed by atoms with E-state index in [1.54, 1.807) is 41.7 Å². The number of halogens is 1. The van der Waals surface area contributed by atoms with Crippen molar-refractivity contribution in [2.75, 3.05) is 11.4 Å². The van der Waals surface area contributed by atoms with Gasteiger partial charge in [0, 0.05) is 37.6 Å². The monoisotopic (exact) mass is 439 g/mol. The maximum Gasteiger partial charge on any atom is 0.269 e. The van der Waals surface area contributed by atoms with Crippen molar-refractivity contribution in [3.05, 3.63) is 82.7 Å². The molecular formula is C21H18FN5O3S. The summed E-state index contributed by atoms with van der Waals surface area (Å²) in [7, 11) is 0. The van der Waals surface area contributed by atoms with Crippen LogP contribution in [0.4, 0.5) is 15.2 Å². The molecule has 2 heterocycles. The lowest BCUT2D eigenvalue weighted by molar-refractivity contribution is -0.384. The number of carbonyl (C=O) groups excluding carboxylic acids is 1. The van der Waals surface area contributed by atoms with Crippen LogP contribution >= 0.6 is 11.3 Å². The predicted octanol–water partition coefficient (Wildman–Crippen LogP) is 4.21. The number of non-ortho nitro benzene ring substituents is 1. The number of hydrogen-bond acceptors (Lipinski definition) is 6. The highest BCUT2D eigenvalue weighted by atomic mass is 32.1. The molecule has 10 heteroatoms. The molecule has 4 aromatic rings. The summed E-state index contributed by atoms with van der Waals surface area (Å²) in [5, 5.41) is 11.3. The fourth-order valence-electron chi connectivity index (χ4n) is 3.18. The normalized spacial score (nSPS) is 11.0. The minimum Gasteiger partial charge on any atom is -0.337 e. The molecule has 2 aromatic carbocycles. The van der Waals surface area contributed by atoms with E-state index < -0.39 is 10.7 Å². The second-order valence-electron chi connectivity index (χ2n) is 6.88. The molecule has 0 aliphatic carbocycles.